The highest BCUT2D eigenvalue weighted by Gasteiger charge is 2.20. The smallest absolute Gasteiger partial charge is 0.142 e. The topological polar surface area (TPSA) is 30.5 Å². The van der Waals surface area contributed by atoms with Gasteiger partial charge in [0.05, 0.1) is 31.5 Å². The average molecular weight is 269 g/mol. The largest absolute Gasteiger partial charge is 0.492 e. The van der Waals surface area contributed by atoms with Gasteiger partial charge in [0.15, 0.2) is 0 Å². The van der Waals surface area contributed by atoms with Gasteiger partial charge in [0.2, 0.25) is 0 Å². The predicted octanol–water partition coefficient (Wildman–Crippen LogP) is 3.77. The Morgan fingerprint density at radius 1 is 1.15 bits per heavy atom. The number of ether oxygens (including phenoxy) is 2. The van der Waals surface area contributed by atoms with Crippen molar-refractivity contribution >= 4 is 5.69 Å². The van der Waals surface area contributed by atoms with Crippen LogP contribution in [0.3, 0.4) is 0 Å². The first-order chi connectivity index (χ1) is 9.88. The van der Waals surface area contributed by atoms with Crippen LogP contribution >= 0.6 is 0 Å². The summed E-state index contributed by atoms with van der Waals surface area (Å²) in [7, 11) is 0. The molecule has 0 aliphatic carbocycles. The fourth-order valence-corrected chi connectivity index (χ4v) is 2.56. The molecular weight excluding hydrogens is 250 g/mol. The molecule has 1 aliphatic heterocycles. The molecule has 0 spiro atoms. The minimum absolute atomic E-state index is 0.168. The number of hydrogen-bond acceptors (Lipinski definition) is 3. The van der Waals surface area contributed by atoms with Crippen LogP contribution in [-0.4, -0.2) is 13.2 Å². The van der Waals surface area contributed by atoms with Gasteiger partial charge in [-0.15, -0.1) is 0 Å². The SMILES string of the molecule is CCOc1ccccc1NC1COCc2ccccc21. The first-order valence-electron chi connectivity index (χ1n) is 7.02. The Labute approximate surface area is 119 Å². The second-order valence-electron chi connectivity index (χ2n) is 4.84. The third-order valence-electron chi connectivity index (χ3n) is 3.49. The molecule has 1 aliphatic rings. The molecule has 0 radical (unpaired) electrons. The fourth-order valence-electron chi connectivity index (χ4n) is 2.56. The third kappa shape index (κ3) is 2.63. The maximum absolute atomic E-state index is 5.68. The molecule has 104 valence electrons. The van der Waals surface area contributed by atoms with Crippen LogP contribution in [0.5, 0.6) is 5.75 Å². The molecule has 3 rings (SSSR count). The Morgan fingerprint density at radius 2 is 1.95 bits per heavy atom. The van der Waals surface area contributed by atoms with Crippen LogP contribution < -0.4 is 10.1 Å². The quantitative estimate of drug-likeness (QED) is 0.916. The second kappa shape index (κ2) is 5.97. The van der Waals surface area contributed by atoms with E-state index >= 15 is 0 Å². The van der Waals surface area contributed by atoms with E-state index in [0.29, 0.717) is 19.8 Å². The number of para-hydroxylation sites is 2. The summed E-state index contributed by atoms with van der Waals surface area (Å²) < 4.78 is 11.3. The number of anilines is 1. The zero-order valence-electron chi connectivity index (χ0n) is 11.6. The van der Waals surface area contributed by atoms with E-state index in [9.17, 15) is 0 Å². The molecule has 1 atom stereocenters. The van der Waals surface area contributed by atoms with Gasteiger partial charge in [-0.2, -0.15) is 0 Å². The highest BCUT2D eigenvalue weighted by atomic mass is 16.5. The Kier molecular flexibility index (Phi) is 3.88. The van der Waals surface area contributed by atoms with Crippen molar-refractivity contribution < 1.29 is 9.47 Å². The number of nitrogens with one attached hydrogen (secondary N) is 1. The highest BCUT2D eigenvalue weighted by Crippen LogP contribution is 2.31. The number of fused-ring (bicyclic) bond motifs is 1. The summed E-state index contributed by atoms with van der Waals surface area (Å²) in [4.78, 5) is 0. The normalized spacial score (nSPS) is 17.4. The summed E-state index contributed by atoms with van der Waals surface area (Å²) in [6.07, 6.45) is 0. The van der Waals surface area contributed by atoms with Gasteiger partial charge in [0, 0.05) is 0 Å². The van der Waals surface area contributed by atoms with Crippen LogP contribution in [0.1, 0.15) is 24.1 Å². The molecule has 0 fully saturated rings. The van der Waals surface area contributed by atoms with E-state index in [2.05, 4.69) is 29.6 Å². The van der Waals surface area contributed by atoms with Crippen molar-refractivity contribution in [2.24, 2.45) is 0 Å². The van der Waals surface area contributed by atoms with E-state index in [1.54, 1.807) is 0 Å². The molecule has 1 N–H and O–H groups in total. The molecule has 0 amide bonds. The van der Waals surface area contributed by atoms with E-state index < -0.39 is 0 Å². The van der Waals surface area contributed by atoms with E-state index in [0.717, 1.165) is 11.4 Å². The summed E-state index contributed by atoms with van der Waals surface area (Å²) in [5, 5.41) is 3.54. The first-order valence-corrected chi connectivity index (χ1v) is 7.02. The lowest BCUT2D eigenvalue weighted by atomic mass is 9.99. The monoisotopic (exact) mass is 269 g/mol. The first kappa shape index (κ1) is 13.0. The van der Waals surface area contributed by atoms with Crippen molar-refractivity contribution in [3.8, 4) is 5.75 Å². The lowest BCUT2D eigenvalue weighted by Gasteiger charge is -2.28. The van der Waals surface area contributed by atoms with Crippen LogP contribution in [-0.2, 0) is 11.3 Å². The molecule has 3 nitrogen and oxygen atoms in total. The lowest BCUT2D eigenvalue weighted by Crippen LogP contribution is -2.23. The van der Waals surface area contributed by atoms with Gasteiger partial charge < -0.3 is 14.8 Å². The van der Waals surface area contributed by atoms with Crippen LogP contribution in [0.25, 0.3) is 0 Å². The number of rotatable bonds is 4. The van der Waals surface area contributed by atoms with E-state index in [4.69, 9.17) is 9.47 Å². The Morgan fingerprint density at radius 3 is 2.85 bits per heavy atom. The number of benzene rings is 2. The minimum Gasteiger partial charge on any atom is -0.492 e. The summed E-state index contributed by atoms with van der Waals surface area (Å²) in [6.45, 7) is 4.03. The third-order valence-corrected chi connectivity index (χ3v) is 3.49. The molecular formula is C17H19NO2. The molecule has 20 heavy (non-hydrogen) atoms. The van der Waals surface area contributed by atoms with E-state index in [-0.39, 0.29) is 6.04 Å². The molecule has 2 aromatic rings. The molecule has 0 aromatic heterocycles. The van der Waals surface area contributed by atoms with Crippen LogP contribution in [0.2, 0.25) is 0 Å². The Balaban J connectivity index is 1.86. The van der Waals surface area contributed by atoms with Gasteiger partial charge in [-0.1, -0.05) is 36.4 Å². The van der Waals surface area contributed by atoms with Gasteiger partial charge in [0.1, 0.15) is 5.75 Å². The molecule has 3 heteroatoms. The molecule has 0 saturated heterocycles. The van der Waals surface area contributed by atoms with Crippen molar-refractivity contribution in [3.05, 3.63) is 59.7 Å². The average Bonchev–Trinajstić information content (AvgIpc) is 2.50. The molecule has 2 aromatic carbocycles. The van der Waals surface area contributed by atoms with Crippen molar-refractivity contribution in [3.63, 3.8) is 0 Å². The summed E-state index contributed by atoms with van der Waals surface area (Å²) in [5.74, 6) is 0.887. The van der Waals surface area contributed by atoms with Crippen molar-refractivity contribution in [2.45, 2.75) is 19.6 Å². The van der Waals surface area contributed by atoms with Gasteiger partial charge in [0.25, 0.3) is 0 Å². The zero-order valence-corrected chi connectivity index (χ0v) is 11.6. The van der Waals surface area contributed by atoms with Crippen LogP contribution in [0, 0.1) is 0 Å². The molecule has 0 saturated carbocycles. The van der Waals surface area contributed by atoms with Gasteiger partial charge in [-0.25, -0.2) is 0 Å². The van der Waals surface area contributed by atoms with Crippen molar-refractivity contribution in [1.29, 1.82) is 0 Å². The maximum Gasteiger partial charge on any atom is 0.142 e. The van der Waals surface area contributed by atoms with Crippen molar-refractivity contribution in [2.75, 3.05) is 18.5 Å². The van der Waals surface area contributed by atoms with Gasteiger partial charge >= 0.3 is 0 Å². The molecule has 1 unspecified atom stereocenters. The molecule has 0 bridgehead atoms. The van der Waals surface area contributed by atoms with E-state index in [1.807, 2.05) is 31.2 Å². The lowest BCUT2D eigenvalue weighted by molar-refractivity contribution is 0.0969. The number of hydrogen-bond donors (Lipinski definition) is 1. The predicted molar refractivity (Wildman–Crippen MR) is 80.1 cm³/mol. The second-order valence-corrected chi connectivity index (χ2v) is 4.84. The minimum atomic E-state index is 0.168. The summed E-state index contributed by atoms with van der Waals surface area (Å²) >= 11 is 0. The highest BCUT2D eigenvalue weighted by molar-refractivity contribution is 5.58. The van der Waals surface area contributed by atoms with Crippen LogP contribution in [0.4, 0.5) is 5.69 Å². The van der Waals surface area contributed by atoms with Crippen molar-refractivity contribution in [1.82, 2.24) is 0 Å². The maximum atomic E-state index is 5.68. The summed E-state index contributed by atoms with van der Waals surface area (Å²) in [6, 6.07) is 16.6. The standard InChI is InChI=1S/C17H19NO2/c1-2-20-17-10-6-5-9-15(17)18-16-12-19-11-13-7-3-4-8-14(13)16/h3-10,16,18H,2,11-12H2,1H3. The van der Waals surface area contributed by atoms with Crippen LogP contribution in [0.15, 0.2) is 48.5 Å². The van der Waals surface area contributed by atoms with E-state index in [1.165, 1.54) is 11.1 Å². The van der Waals surface area contributed by atoms with Gasteiger partial charge in [-0.05, 0) is 30.2 Å². The molecule has 1 heterocycles. The summed E-state index contributed by atoms with van der Waals surface area (Å²) in [5.41, 5.74) is 3.58. The zero-order chi connectivity index (χ0) is 13.8. The Bertz CT molecular complexity index is 583. The van der Waals surface area contributed by atoms with Gasteiger partial charge in [-0.3, -0.25) is 0 Å². The fraction of sp³-hybridized carbons (Fsp3) is 0.294. The Hall–Kier alpha value is -2.00.